The number of rotatable bonds is 4. The SMILES string of the molecule is CCCC12CC3CC(C1)C(C(C)CN)C(C3)C2. The molecule has 0 heterocycles. The summed E-state index contributed by atoms with van der Waals surface area (Å²) >= 11 is 0. The molecule has 3 unspecified atom stereocenters. The largest absolute Gasteiger partial charge is 0.330 e. The van der Waals surface area contributed by atoms with E-state index in [4.69, 9.17) is 5.73 Å². The van der Waals surface area contributed by atoms with Gasteiger partial charge in [-0.2, -0.15) is 0 Å². The van der Waals surface area contributed by atoms with Gasteiger partial charge >= 0.3 is 0 Å². The van der Waals surface area contributed by atoms with Crippen LogP contribution in [-0.2, 0) is 0 Å². The third-order valence-electron chi connectivity index (χ3n) is 6.28. The van der Waals surface area contributed by atoms with E-state index in [0.717, 1.165) is 41.5 Å². The summed E-state index contributed by atoms with van der Waals surface area (Å²) in [5, 5.41) is 0. The van der Waals surface area contributed by atoms with Crippen molar-refractivity contribution in [2.75, 3.05) is 6.54 Å². The third kappa shape index (κ3) is 1.85. The van der Waals surface area contributed by atoms with Gasteiger partial charge in [-0.3, -0.25) is 0 Å². The van der Waals surface area contributed by atoms with Crippen LogP contribution in [0.15, 0.2) is 0 Å². The zero-order chi connectivity index (χ0) is 12.0. The van der Waals surface area contributed by atoms with Crippen molar-refractivity contribution < 1.29 is 0 Å². The highest BCUT2D eigenvalue weighted by Crippen LogP contribution is 2.64. The molecule has 17 heavy (non-hydrogen) atoms. The van der Waals surface area contributed by atoms with Crippen LogP contribution < -0.4 is 5.73 Å². The summed E-state index contributed by atoms with van der Waals surface area (Å²) in [5.41, 5.74) is 6.72. The number of hydrogen-bond acceptors (Lipinski definition) is 1. The minimum absolute atomic E-state index is 0.767. The minimum Gasteiger partial charge on any atom is -0.330 e. The zero-order valence-corrected chi connectivity index (χ0v) is 11.6. The maximum absolute atomic E-state index is 5.94. The Morgan fingerprint density at radius 2 is 1.82 bits per heavy atom. The second-order valence-corrected chi connectivity index (χ2v) is 7.51. The zero-order valence-electron chi connectivity index (χ0n) is 11.6. The molecule has 0 aliphatic heterocycles. The summed E-state index contributed by atoms with van der Waals surface area (Å²) in [6.07, 6.45) is 10.6. The van der Waals surface area contributed by atoms with Crippen molar-refractivity contribution in [1.29, 1.82) is 0 Å². The van der Waals surface area contributed by atoms with Crippen LogP contribution in [0.5, 0.6) is 0 Å². The topological polar surface area (TPSA) is 26.0 Å². The van der Waals surface area contributed by atoms with Crippen LogP contribution in [0, 0.1) is 35.0 Å². The van der Waals surface area contributed by atoms with E-state index < -0.39 is 0 Å². The molecule has 98 valence electrons. The molecule has 0 aromatic rings. The summed E-state index contributed by atoms with van der Waals surface area (Å²) in [4.78, 5) is 0. The molecule has 3 atom stereocenters. The van der Waals surface area contributed by atoms with Crippen LogP contribution in [0.3, 0.4) is 0 Å². The molecular formula is C16H29N. The van der Waals surface area contributed by atoms with E-state index in [0.29, 0.717) is 0 Å². The molecule has 0 spiro atoms. The number of nitrogens with two attached hydrogens (primary N) is 1. The first-order valence-electron chi connectivity index (χ1n) is 7.87. The minimum atomic E-state index is 0.767. The van der Waals surface area contributed by atoms with Crippen molar-refractivity contribution >= 4 is 0 Å². The molecule has 4 fully saturated rings. The van der Waals surface area contributed by atoms with Crippen molar-refractivity contribution in [2.45, 2.75) is 58.8 Å². The summed E-state index contributed by atoms with van der Waals surface area (Å²) in [5.74, 6) is 4.89. The molecule has 4 bridgehead atoms. The smallest absolute Gasteiger partial charge is 0.00487 e. The first kappa shape index (κ1) is 12.0. The fourth-order valence-electron chi connectivity index (χ4n) is 6.15. The molecule has 4 rings (SSSR count). The lowest BCUT2D eigenvalue weighted by Crippen LogP contribution is -2.53. The van der Waals surface area contributed by atoms with Gasteiger partial charge in [-0.05, 0) is 80.1 Å². The van der Waals surface area contributed by atoms with Gasteiger partial charge in [0.1, 0.15) is 0 Å². The van der Waals surface area contributed by atoms with Gasteiger partial charge in [0.15, 0.2) is 0 Å². The Balaban J connectivity index is 1.81. The van der Waals surface area contributed by atoms with E-state index in [9.17, 15) is 0 Å². The molecule has 0 aromatic heterocycles. The fraction of sp³-hybridized carbons (Fsp3) is 1.00. The standard InChI is InChI=1S/C16H29N/c1-3-4-16-7-12-5-13(8-16)15(11(2)10-17)14(6-12)9-16/h11-15H,3-10,17H2,1-2H3. The normalized spacial score (nSPS) is 49.6. The molecule has 0 radical (unpaired) electrons. The first-order chi connectivity index (χ1) is 8.17. The van der Waals surface area contributed by atoms with Gasteiger partial charge in [0, 0.05) is 0 Å². The second-order valence-electron chi connectivity index (χ2n) is 7.51. The van der Waals surface area contributed by atoms with Gasteiger partial charge in [-0.15, -0.1) is 0 Å². The van der Waals surface area contributed by atoms with E-state index in [1.807, 2.05) is 0 Å². The molecule has 0 saturated heterocycles. The highest BCUT2D eigenvalue weighted by molar-refractivity contribution is 5.05. The summed E-state index contributed by atoms with van der Waals surface area (Å²) in [7, 11) is 0. The lowest BCUT2D eigenvalue weighted by molar-refractivity contribution is -0.113. The Hall–Kier alpha value is -0.0400. The molecule has 2 N–H and O–H groups in total. The molecule has 1 heteroatoms. The Labute approximate surface area is 107 Å². The monoisotopic (exact) mass is 235 g/mol. The first-order valence-corrected chi connectivity index (χ1v) is 7.87. The van der Waals surface area contributed by atoms with Crippen LogP contribution in [0.2, 0.25) is 0 Å². The molecule has 4 saturated carbocycles. The van der Waals surface area contributed by atoms with Crippen LogP contribution in [-0.4, -0.2) is 6.54 Å². The van der Waals surface area contributed by atoms with Gasteiger partial charge in [0.25, 0.3) is 0 Å². The maximum atomic E-state index is 5.94. The van der Waals surface area contributed by atoms with E-state index in [2.05, 4.69) is 13.8 Å². The van der Waals surface area contributed by atoms with Crippen molar-refractivity contribution in [3.8, 4) is 0 Å². The average Bonchev–Trinajstić information content (AvgIpc) is 2.27. The third-order valence-corrected chi connectivity index (χ3v) is 6.28. The van der Waals surface area contributed by atoms with Crippen molar-refractivity contribution in [3.63, 3.8) is 0 Å². The predicted molar refractivity (Wildman–Crippen MR) is 72.6 cm³/mol. The molecular weight excluding hydrogens is 206 g/mol. The Morgan fingerprint density at radius 1 is 1.18 bits per heavy atom. The van der Waals surface area contributed by atoms with Gasteiger partial charge in [0.05, 0.1) is 0 Å². The fourth-order valence-corrected chi connectivity index (χ4v) is 6.15. The van der Waals surface area contributed by atoms with Crippen LogP contribution >= 0.6 is 0 Å². The van der Waals surface area contributed by atoms with Crippen molar-refractivity contribution in [2.24, 2.45) is 40.7 Å². The maximum Gasteiger partial charge on any atom is -0.00487 e. The molecule has 0 aromatic carbocycles. The molecule has 1 nitrogen and oxygen atoms in total. The van der Waals surface area contributed by atoms with Gasteiger partial charge in [-0.25, -0.2) is 0 Å². The van der Waals surface area contributed by atoms with E-state index in [1.165, 1.54) is 25.7 Å². The van der Waals surface area contributed by atoms with Gasteiger partial charge in [0.2, 0.25) is 0 Å². The Morgan fingerprint density at radius 3 is 2.35 bits per heavy atom. The molecule has 0 amide bonds. The van der Waals surface area contributed by atoms with Crippen molar-refractivity contribution in [1.82, 2.24) is 0 Å². The van der Waals surface area contributed by atoms with E-state index in [-0.39, 0.29) is 0 Å². The average molecular weight is 235 g/mol. The van der Waals surface area contributed by atoms with Crippen LogP contribution in [0.1, 0.15) is 58.8 Å². The predicted octanol–water partition coefficient (Wildman–Crippen LogP) is 3.82. The van der Waals surface area contributed by atoms with Crippen molar-refractivity contribution in [3.05, 3.63) is 0 Å². The van der Waals surface area contributed by atoms with E-state index in [1.54, 1.807) is 19.3 Å². The lowest BCUT2D eigenvalue weighted by Gasteiger charge is -2.61. The summed E-state index contributed by atoms with van der Waals surface area (Å²) < 4.78 is 0. The Kier molecular flexibility index (Phi) is 3.01. The van der Waals surface area contributed by atoms with Gasteiger partial charge in [-0.1, -0.05) is 20.3 Å². The second kappa shape index (κ2) is 4.26. The molecule has 4 aliphatic carbocycles. The Bertz CT molecular complexity index is 269. The summed E-state index contributed by atoms with van der Waals surface area (Å²) in [6, 6.07) is 0. The summed E-state index contributed by atoms with van der Waals surface area (Å²) in [6.45, 7) is 5.68. The highest BCUT2D eigenvalue weighted by Gasteiger charge is 2.55. The number of hydrogen-bond donors (Lipinski definition) is 1. The van der Waals surface area contributed by atoms with E-state index >= 15 is 0 Å². The highest BCUT2D eigenvalue weighted by atomic mass is 14.6. The van der Waals surface area contributed by atoms with Gasteiger partial charge < -0.3 is 5.73 Å². The lowest BCUT2D eigenvalue weighted by atomic mass is 9.44. The van der Waals surface area contributed by atoms with Crippen LogP contribution in [0.25, 0.3) is 0 Å². The van der Waals surface area contributed by atoms with Crippen LogP contribution in [0.4, 0.5) is 0 Å². The molecule has 4 aliphatic rings. The quantitative estimate of drug-likeness (QED) is 0.787.